The Morgan fingerprint density at radius 1 is 1.23 bits per heavy atom. The number of rotatable bonds is 6. The van der Waals surface area contributed by atoms with Crippen LogP contribution in [0, 0.1) is 5.92 Å². The third-order valence-corrected chi connectivity index (χ3v) is 7.40. The Balaban J connectivity index is 2.12. The zero-order valence-corrected chi connectivity index (χ0v) is 16.5. The van der Waals surface area contributed by atoms with E-state index in [2.05, 4.69) is 10.3 Å². The van der Waals surface area contributed by atoms with Gasteiger partial charge in [-0.1, -0.05) is 32.0 Å². The van der Waals surface area contributed by atoms with E-state index < -0.39 is 27.2 Å². The second kappa shape index (κ2) is 8.83. The summed E-state index contributed by atoms with van der Waals surface area (Å²) in [6.45, 7) is 4.74. The zero-order valence-electron chi connectivity index (χ0n) is 14.8. The number of hydrogen-bond donors (Lipinski definition) is 2. The van der Waals surface area contributed by atoms with Gasteiger partial charge in [0.1, 0.15) is 4.90 Å². The van der Waals surface area contributed by atoms with Crippen molar-refractivity contribution in [2.45, 2.75) is 48.3 Å². The molecule has 1 atom stereocenters. The van der Waals surface area contributed by atoms with Gasteiger partial charge in [0.15, 0.2) is 0 Å². The molecule has 0 aromatic carbocycles. The van der Waals surface area contributed by atoms with E-state index in [9.17, 15) is 18.0 Å². The van der Waals surface area contributed by atoms with Crippen molar-refractivity contribution in [3.8, 4) is 0 Å². The zero-order chi connectivity index (χ0) is 19.3. The van der Waals surface area contributed by atoms with Crippen molar-refractivity contribution in [3.63, 3.8) is 0 Å². The second-order valence-electron chi connectivity index (χ2n) is 6.43. The van der Waals surface area contributed by atoms with Crippen LogP contribution in [0.15, 0.2) is 28.3 Å². The lowest BCUT2D eigenvalue weighted by atomic mass is 10.1. The quantitative estimate of drug-likeness (QED) is 0.699. The van der Waals surface area contributed by atoms with Crippen LogP contribution >= 0.6 is 11.8 Å². The molecule has 0 saturated carbocycles. The topological polar surface area (TPSA) is 122 Å². The predicted molar refractivity (Wildman–Crippen MR) is 99.1 cm³/mol. The molecule has 1 aliphatic heterocycles. The van der Waals surface area contributed by atoms with E-state index in [1.54, 1.807) is 6.07 Å². The monoisotopic (exact) mass is 400 g/mol. The smallest absolute Gasteiger partial charge is 0.318 e. The maximum absolute atomic E-state index is 12.6. The number of hydrogen-bond acceptors (Lipinski definition) is 6. The predicted octanol–water partition coefficient (Wildman–Crippen LogP) is 1.57. The minimum Gasteiger partial charge on any atom is -0.351 e. The molecule has 0 bridgehead atoms. The molecule has 3 N–H and O–H groups in total. The summed E-state index contributed by atoms with van der Waals surface area (Å²) >= 11 is 1.16. The molecule has 0 radical (unpaired) electrons. The highest BCUT2D eigenvalue weighted by atomic mass is 32.2. The number of thioether (sulfide) groups is 1. The highest BCUT2D eigenvalue weighted by Gasteiger charge is 2.28. The normalized spacial score (nSPS) is 17.0. The molecule has 0 unspecified atom stereocenters. The highest BCUT2D eigenvalue weighted by molar-refractivity contribution is 8.00. The van der Waals surface area contributed by atoms with Gasteiger partial charge >= 0.3 is 6.03 Å². The molecular weight excluding hydrogens is 376 g/mol. The number of piperidine rings is 1. The van der Waals surface area contributed by atoms with Crippen molar-refractivity contribution in [1.82, 2.24) is 14.6 Å². The SMILES string of the molecule is CC(C)[C@H](Sc1ccc(S(=O)(=O)N2CCCCC2)cn1)C(=O)NC(N)=O. The Hall–Kier alpha value is -1.65. The van der Waals surface area contributed by atoms with Gasteiger partial charge in [-0.05, 0) is 30.9 Å². The first kappa shape index (κ1) is 20.7. The standard InChI is InChI=1S/C16H24N4O4S2/c1-11(2)14(15(21)19-16(17)22)25-13-7-6-12(10-18-13)26(23,24)20-8-4-3-5-9-20/h6-7,10-11,14H,3-5,8-9H2,1-2H3,(H3,17,19,21,22)/t14-/m0/s1. The summed E-state index contributed by atoms with van der Waals surface area (Å²) in [5.74, 6) is -0.567. The van der Waals surface area contributed by atoms with Crippen LogP contribution in [-0.2, 0) is 14.8 Å². The Kier molecular flexibility index (Phi) is 7.01. The van der Waals surface area contributed by atoms with Crippen LogP contribution in [0.25, 0.3) is 0 Å². The minimum atomic E-state index is -3.53. The van der Waals surface area contributed by atoms with Gasteiger partial charge in [-0.25, -0.2) is 18.2 Å². The number of pyridine rings is 1. The third-order valence-electron chi connectivity index (χ3n) is 4.02. The molecule has 1 aliphatic rings. The van der Waals surface area contributed by atoms with E-state index in [-0.39, 0.29) is 10.8 Å². The first-order valence-corrected chi connectivity index (χ1v) is 10.8. The number of nitrogens with one attached hydrogen (secondary N) is 1. The van der Waals surface area contributed by atoms with Crippen LogP contribution in [0.4, 0.5) is 4.79 Å². The first-order valence-electron chi connectivity index (χ1n) is 8.45. The molecule has 0 aliphatic carbocycles. The maximum atomic E-state index is 12.6. The van der Waals surface area contributed by atoms with E-state index in [0.29, 0.717) is 18.1 Å². The fourth-order valence-electron chi connectivity index (χ4n) is 2.66. The maximum Gasteiger partial charge on any atom is 0.318 e. The van der Waals surface area contributed by atoms with Crippen molar-refractivity contribution >= 4 is 33.7 Å². The van der Waals surface area contributed by atoms with Gasteiger partial charge in [-0.3, -0.25) is 10.1 Å². The molecule has 0 spiro atoms. The lowest BCUT2D eigenvalue weighted by Crippen LogP contribution is -2.42. The van der Waals surface area contributed by atoms with Crippen molar-refractivity contribution in [1.29, 1.82) is 0 Å². The average Bonchev–Trinajstić information content (AvgIpc) is 2.60. The Morgan fingerprint density at radius 3 is 2.38 bits per heavy atom. The molecule has 1 aromatic rings. The third kappa shape index (κ3) is 5.18. The van der Waals surface area contributed by atoms with E-state index in [1.807, 2.05) is 13.8 Å². The molecular formula is C16H24N4O4S2. The van der Waals surface area contributed by atoms with Crippen molar-refractivity contribution < 1.29 is 18.0 Å². The van der Waals surface area contributed by atoms with E-state index in [0.717, 1.165) is 31.0 Å². The number of imide groups is 1. The van der Waals surface area contributed by atoms with Gasteiger partial charge in [0.05, 0.1) is 10.3 Å². The van der Waals surface area contributed by atoms with Crippen LogP contribution in [0.3, 0.4) is 0 Å². The van der Waals surface area contributed by atoms with E-state index >= 15 is 0 Å². The van der Waals surface area contributed by atoms with Gasteiger partial charge in [-0.2, -0.15) is 4.31 Å². The summed E-state index contributed by atoms with van der Waals surface area (Å²) in [6.07, 6.45) is 4.09. The summed E-state index contributed by atoms with van der Waals surface area (Å²) in [4.78, 5) is 27.3. The lowest BCUT2D eigenvalue weighted by molar-refractivity contribution is -0.120. The lowest BCUT2D eigenvalue weighted by Gasteiger charge is -2.25. The molecule has 2 rings (SSSR count). The molecule has 3 amide bonds. The highest BCUT2D eigenvalue weighted by Crippen LogP contribution is 2.28. The second-order valence-corrected chi connectivity index (χ2v) is 9.53. The largest absolute Gasteiger partial charge is 0.351 e. The number of amides is 3. The molecule has 26 heavy (non-hydrogen) atoms. The molecule has 1 saturated heterocycles. The van der Waals surface area contributed by atoms with Crippen LogP contribution < -0.4 is 11.1 Å². The van der Waals surface area contributed by atoms with Crippen LogP contribution in [0.2, 0.25) is 0 Å². The molecule has 2 heterocycles. The summed E-state index contributed by atoms with van der Waals surface area (Å²) in [6, 6.07) is 2.18. The van der Waals surface area contributed by atoms with Gasteiger partial charge < -0.3 is 5.73 Å². The van der Waals surface area contributed by atoms with Crippen molar-refractivity contribution in [2.24, 2.45) is 11.7 Å². The number of sulfonamides is 1. The Morgan fingerprint density at radius 2 is 1.88 bits per heavy atom. The number of aromatic nitrogens is 1. The van der Waals surface area contributed by atoms with Crippen LogP contribution in [0.5, 0.6) is 0 Å². The molecule has 1 fully saturated rings. The van der Waals surface area contributed by atoms with Gasteiger partial charge in [0.2, 0.25) is 15.9 Å². The van der Waals surface area contributed by atoms with E-state index in [1.165, 1.54) is 16.6 Å². The van der Waals surface area contributed by atoms with Crippen molar-refractivity contribution in [3.05, 3.63) is 18.3 Å². The number of carbonyl (C=O) groups excluding carboxylic acids is 2. The molecule has 10 heteroatoms. The van der Waals surface area contributed by atoms with Gasteiger partial charge in [0, 0.05) is 19.3 Å². The van der Waals surface area contributed by atoms with Crippen LogP contribution in [0.1, 0.15) is 33.1 Å². The van der Waals surface area contributed by atoms with Crippen molar-refractivity contribution in [2.75, 3.05) is 13.1 Å². The first-order chi connectivity index (χ1) is 12.2. The Labute approximate surface area is 158 Å². The number of nitrogens with two attached hydrogens (primary N) is 1. The van der Waals surface area contributed by atoms with E-state index in [4.69, 9.17) is 5.73 Å². The van der Waals surface area contributed by atoms with Crippen LogP contribution in [-0.4, -0.2) is 48.0 Å². The number of carbonyl (C=O) groups is 2. The van der Waals surface area contributed by atoms with Gasteiger partial charge in [0.25, 0.3) is 0 Å². The molecule has 8 nitrogen and oxygen atoms in total. The summed E-state index contributed by atoms with van der Waals surface area (Å²) < 4.78 is 26.7. The number of primary amides is 1. The summed E-state index contributed by atoms with van der Waals surface area (Å²) in [5, 5.41) is 2.00. The minimum absolute atomic E-state index is 0.0714. The molecule has 144 valence electrons. The summed E-state index contributed by atoms with van der Waals surface area (Å²) in [5.41, 5.74) is 5.00. The molecule has 1 aromatic heterocycles. The fourth-order valence-corrected chi connectivity index (χ4v) is 5.08. The Bertz CT molecular complexity index is 744. The number of urea groups is 1. The summed E-state index contributed by atoms with van der Waals surface area (Å²) in [7, 11) is -3.53. The fraction of sp³-hybridized carbons (Fsp3) is 0.562. The number of nitrogens with zero attached hydrogens (tertiary/aromatic N) is 2. The average molecular weight is 401 g/mol. The van der Waals surface area contributed by atoms with Gasteiger partial charge in [-0.15, -0.1) is 0 Å².